The van der Waals surface area contributed by atoms with Gasteiger partial charge >= 0.3 is 0 Å². The maximum absolute atomic E-state index is 13.7. The number of nitrogens with zero attached hydrogens (tertiary/aromatic N) is 1. The monoisotopic (exact) mass is 482 g/mol. The number of anilines is 1. The van der Waals surface area contributed by atoms with Crippen LogP contribution in [-0.2, 0) is 19.6 Å². The van der Waals surface area contributed by atoms with Gasteiger partial charge in [-0.15, -0.1) is 0 Å². The summed E-state index contributed by atoms with van der Waals surface area (Å²) in [6.45, 7) is 2.33. The zero-order chi connectivity index (χ0) is 23.3. The standard InChI is InChI=1S/C22H27ClN2O6S/c1-15-6-8-20(30-3)21(11-15)32(27,28)25(16-7-9-19(29-2)18(23)12-16)14-22(26)24-13-17-5-4-10-31-17/h6-9,11-12,17H,4-5,10,13-14H2,1-3H3,(H,24,26)/t17-/m1/s1. The quantitative estimate of drug-likeness (QED) is 0.590. The normalized spacial score (nSPS) is 15.9. The molecule has 1 atom stereocenters. The SMILES string of the molecule is COc1ccc(N(CC(=O)NC[C@H]2CCCO2)S(=O)(=O)c2cc(C)ccc2OC)cc1Cl. The number of rotatable bonds is 9. The molecule has 1 saturated heterocycles. The number of halogens is 1. The molecule has 1 N–H and O–H groups in total. The predicted molar refractivity (Wildman–Crippen MR) is 122 cm³/mol. The van der Waals surface area contributed by atoms with E-state index < -0.39 is 22.5 Å². The fourth-order valence-electron chi connectivity index (χ4n) is 3.45. The molecular formula is C22H27ClN2O6S. The van der Waals surface area contributed by atoms with E-state index in [0.717, 1.165) is 22.7 Å². The van der Waals surface area contributed by atoms with Gasteiger partial charge in [0.15, 0.2) is 0 Å². The first-order chi connectivity index (χ1) is 15.3. The van der Waals surface area contributed by atoms with Gasteiger partial charge in [-0.3, -0.25) is 9.10 Å². The minimum absolute atomic E-state index is 0.0427. The van der Waals surface area contributed by atoms with Gasteiger partial charge in [-0.2, -0.15) is 0 Å². The number of sulfonamides is 1. The number of hydrogen-bond donors (Lipinski definition) is 1. The molecule has 0 bridgehead atoms. The molecule has 1 aliphatic rings. The van der Waals surface area contributed by atoms with Gasteiger partial charge in [0.2, 0.25) is 5.91 Å². The Morgan fingerprint density at radius 1 is 1.19 bits per heavy atom. The molecule has 174 valence electrons. The third kappa shape index (κ3) is 5.46. The molecule has 1 amide bonds. The van der Waals surface area contributed by atoms with Gasteiger partial charge in [0.25, 0.3) is 10.0 Å². The van der Waals surface area contributed by atoms with E-state index in [1.165, 1.54) is 32.4 Å². The van der Waals surface area contributed by atoms with E-state index in [4.69, 9.17) is 25.8 Å². The average Bonchev–Trinajstić information content (AvgIpc) is 3.29. The largest absolute Gasteiger partial charge is 0.495 e. The van der Waals surface area contributed by atoms with Crippen LogP contribution in [0.5, 0.6) is 11.5 Å². The predicted octanol–water partition coefficient (Wildman–Crippen LogP) is 3.16. The minimum atomic E-state index is -4.17. The van der Waals surface area contributed by atoms with Gasteiger partial charge in [0.1, 0.15) is 22.9 Å². The Hall–Kier alpha value is -2.49. The van der Waals surface area contributed by atoms with E-state index in [0.29, 0.717) is 18.9 Å². The molecule has 2 aromatic rings. The van der Waals surface area contributed by atoms with Crippen LogP contribution in [0.4, 0.5) is 5.69 Å². The van der Waals surface area contributed by atoms with Crippen LogP contribution in [0.2, 0.25) is 5.02 Å². The second kappa shape index (κ2) is 10.4. The average molecular weight is 483 g/mol. The third-order valence-corrected chi connectivity index (χ3v) is 7.24. The number of carbonyl (C=O) groups is 1. The number of benzene rings is 2. The molecule has 10 heteroatoms. The van der Waals surface area contributed by atoms with E-state index in [1.807, 2.05) is 0 Å². The van der Waals surface area contributed by atoms with Crippen LogP contribution in [0.1, 0.15) is 18.4 Å². The molecule has 1 heterocycles. The zero-order valence-corrected chi connectivity index (χ0v) is 19.8. The van der Waals surface area contributed by atoms with Gasteiger partial charge < -0.3 is 19.5 Å². The summed E-state index contributed by atoms with van der Waals surface area (Å²) in [5, 5.41) is 2.99. The fourth-order valence-corrected chi connectivity index (χ4v) is 5.36. The van der Waals surface area contributed by atoms with Crippen molar-refractivity contribution in [2.75, 3.05) is 38.2 Å². The second-order valence-corrected chi connectivity index (χ2v) is 9.66. The number of aryl methyl sites for hydroxylation is 1. The summed E-state index contributed by atoms with van der Waals surface area (Å²) in [7, 11) is -1.31. The Morgan fingerprint density at radius 3 is 2.53 bits per heavy atom. The molecule has 1 fully saturated rings. The second-order valence-electron chi connectivity index (χ2n) is 7.42. The topological polar surface area (TPSA) is 94.2 Å². The first-order valence-corrected chi connectivity index (χ1v) is 12.0. The number of methoxy groups -OCH3 is 2. The van der Waals surface area contributed by atoms with Crippen LogP contribution in [-0.4, -0.2) is 54.3 Å². The summed E-state index contributed by atoms with van der Waals surface area (Å²) >= 11 is 6.25. The number of carbonyl (C=O) groups excluding carboxylic acids is 1. The molecule has 1 aliphatic heterocycles. The Balaban J connectivity index is 1.96. The smallest absolute Gasteiger partial charge is 0.268 e. The van der Waals surface area contributed by atoms with E-state index in [9.17, 15) is 13.2 Å². The summed E-state index contributed by atoms with van der Waals surface area (Å²) in [6, 6.07) is 9.39. The molecule has 8 nitrogen and oxygen atoms in total. The number of amides is 1. The number of hydrogen-bond acceptors (Lipinski definition) is 6. The molecule has 0 radical (unpaired) electrons. The van der Waals surface area contributed by atoms with Crippen molar-refractivity contribution in [2.24, 2.45) is 0 Å². The molecule has 32 heavy (non-hydrogen) atoms. The molecule has 0 aromatic heterocycles. The molecule has 0 unspecified atom stereocenters. The van der Waals surface area contributed by atoms with Crippen molar-refractivity contribution in [2.45, 2.75) is 30.8 Å². The molecule has 2 aromatic carbocycles. The van der Waals surface area contributed by atoms with Gasteiger partial charge in [-0.1, -0.05) is 17.7 Å². The van der Waals surface area contributed by atoms with E-state index in [2.05, 4.69) is 5.32 Å². The van der Waals surface area contributed by atoms with Crippen molar-refractivity contribution in [1.29, 1.82) is 0 Å². The lowest BCUT2D eigenvalue weighted by Crippen LogP contribution is -2.43. The molecular weight excluding hydrogens is 456 g/mol. The highest BCUT2D eigenvalue weighted by molar-refractivity contribution is 7.93. The van der Waals surface area contributed by atoms with Crippen molar-refractivity contribution in [1.82, 2.24) is 5.32 Å². The summed E-state index contributed by atoms with van der Waals surface area (Å²) in [6.07, 6.45) is 1.74. The van der Waals surface area contributed by atoms with E-state index in [1.54, 1.807) is 25.1 Å². The summed E-state index contributed by atoms with van der Waals surface area (Å²) in [5.41, 5.74) is 0.964. The highest BCUT2D eigenvalue weighted by Crippen LogP contribution is 2.34. The first-order valence-electron chi connectivity index (χ1n) is 10.2. The van der Waals surface area contributed by atoms with Crippen LogP contribution in [0.15, 0.2) is 41.3 Å². The Morgan fingerprint density at radius 2 is 1.91 bits per heavy atom. The van der Waals surface area contributed by atoms with Crippen molar-refractivity contribution in [3.8, 4) is 11.5 Å². The lowest BCUT2D eigenvalue weighted by atomic mass is 10.2. The summed E-state index contributed by atoms with van der Waals surface area (Å²) in [5.74, 6) is 0.117. The number of ether oxygens (including phenoxy) is 3. The molecule has 0 spiro atoms. The lowest BCUT2D eigenvalue weighted by Gasteiger charge is -2.26. The van der Waals surface area contributed by atoms with Crippen LogP contribution < -0.4 is 19.1 Å². The molecule has 0 saturated carbocycles. The first kappa shape index (κ1) is 24.2. The van der Waals surface area contributed by atoms with Crippen LogP contribution >= 0.6 is 11.6 Å². The fraction of sp³-hybridized carbons (Fsp3) is 0.409. The Kier molecular flexibility index (Phi) is 7.86. The van der Waals surface area contributed by atoms with Gasteiger partial charge in [0.05, 0.1) is 31.0 Å². The van der Waals surface area contributed by atoms with Crippen LogP contribution in [0.3, 0.4) is 0 Å². The highest BCUT2D eigenvalue weighted by Gasteiger charge is 2.31. The number of nitrogens with one attached hydrogen (secondary N) is 1. The van der Waals surface area contributed by atoms with Crippen LogP contribution in [0, 0.1) is 6.92 Å². The maximum atomic E-state index is 13.7. The summed E-state index contributed by atoms with van der Waals surface area (Å²) < 4.78 is 44.4. The maximum Gasteiger partial charge on any atom is 0.268 e. The molecule has 0 aliphatic carbocycles. The lowest BCUT2D eigenvalue weighted by molar-refractivity contribution is -0.120. The van der Waals surface area contributed by atoms with Crippen molar-refractivity contribution in [3.05, 3.63) is 47.0 Å². The van der Waals surface area contributed by atoms with E-state index >= 15 is 0 Å². The summed E-state index contributed by atoms with van der Waals surface area (Å²) in [4.78, 5) is 12.7. The van der Waals surface area contributed by atoms with Crippen LogP contribution in [0.25, 0.3) is 0 Å². The van der Waals surface area contributed by atoms with Gasteiger partial charge in [0, 0.05) is 13.2 Å². The van der Waals surface area contributed by atoms with Gasteiger partial charge in [-0.25, -0.2) is 8.42 Å². The van der Waals surface area contributed by atoms with Crippen molar-refractivity contribution >= 4 is 33.2 Å². The van der Waals surface area contributed by atoms with Crippen molar-refractivity contribution < 1.29 is 27.4 Å². The van der Waals surface area contributed by atoms with Crippen molar-refractivity contribution in [3.63, 3.8) is 0 Å². The minimum Gasteiger partial charge on any atom is -0.495 e. The highest BCUT2D eigenvalue weighted by atomic mass is 35.5. The third-order valence-electron chi connectivity index (χ3n) is 5.15. The van der Waals surface area contributed by atoms with E-state index in [-0.39, 0.29) is 27.5 Å². The Labute approximate surface area is 193 Å². The molecule has 3 rings (SSSR count). The van der Waals surface area contributed by atoms with Gasteiger partial charge in [-0.05, 0) is 55.7 Å². The zero-order valence-electron chi connectivity index (χ0n) is 18.3. The Bertz CT molecular complexity index is 1070.